The molecule has 112 valence electrons. The van der Waals surface area contributed by atoms with E-state index in [-0.39, 0.29) is 0 Å². The fourth-order valence-corrected chi connectivity index (χ4v) is 2.30. The molecule has 0 aliphatic carbocycles. The Labute approximate surface area is 128 Å². The summed E-state index contributed by atoms with van der Waals surface area (Å²) in [6.07, 6.45) is -0.858. The van der Waals surface area contributed by atoms with Crippen LogP contribution < -0.4 is 14.2 Å². The van der Waals surface area contributed by atoms with Gasteiger partial charge in [0.2, 0.25) is 0 Å². The molecular weight excluding hydrogens is 292 g/mol. The molecule has 2 aromatic rings. The molecule has 0 saturated carbocycles. The van der Waals surface area contributed by atoms with Crippen LogP contribution in [0.5, 0.6) is 17.2 Å². The molecule has 0 radical (unpaired) electrons. The van der Waals surface area contributed by atoms with Gasteiger partial charge in [0.25, 0.3) is 0 Å². The van der Waals surface area contributed by atoms with E-state index < -0.39 is 6.10 Å². The quantitative estimate of drug-likeness (QED) is 0.919. The summed E-state index contributed by atoms with van der Waals surface area (Å²) in [7, 11) is 4.67. The van der Waals surface area contributed by atoms with Gasteiger partial charge in [0.05, 0.1) is 26.4 Å². The maximum absolute atomic E-state index is 10.5. The van der Waals surface area contributed by atoms with Crippen LogP contribution >= 0.6 is 11.6 Å². The van der Waals surface area contributed by atoms with Gasteiger partial charge in [-0.1, -0.05) is 23.7 Å². The van der Waals surface area contributed by atoms with Gasteiger partial charge in [0.1, 0.15) is 11.9 Å². The molecule has 0 bridgehead atoms. The lowest BCUT2D eigenvalue weighted by molar-refractivity contribution is 0.219. The fourth-order valence-electron chi connectivity index (χ4n) is 2.05. The Morgan fingerprint density at radius 1 is 0.905 bits per heavy atom. The molecule has 0 saturated heterocycles. The molecule has 21 heavy (non-hydrogen) atoms. The Balaban J connectivity index is 2.39. The maximum atomic E-state index is 10.5. The minimum atomic E-state index is -0.858. The lowest BCUT2D eigenvalue weighted by Crippen LogP contribution is -2.02. The molecular formula is C16H17ClO4. The van der Waals surface area contributed by atoms with Gasteiger partial charge in [-0.05, 0) is 23.8 Å². The van der Waals surface area contributed by atoms with Crippen molar-refractivity contribution in [3.05, 3.63) is 52.5 Å². The van der Waals surface area contributed by atoms with E-state index in [4.69, 9.17) is 25.8 Å². The number of aliphatic hydroxyl groups excluding tert-OH is 1. The van der Waals surface area contributed by atoms with Gasteiger partial charge in [-0.2, -0.15) is 0 Å². The molecule has 0 aromatic heterocycles. The van der Waals surface area contributed by atoms with Crippen molar-refractivity contribution in [3.63, 3.8) is 0 Å². The number of methoxy groups -OCH3 is 3. The molecule has 0 spiro atoms. The third-order valence-electron chi connectivity index (χ3n) is 3.23. The Morgan fingerprint density at radius 3 is 2.00 bits per heavy atom. The molecule has 0 aliphatic rings. The second-order valence-corrected chi connectivity index (χ2v) is 4.81. The highest BCUT2D eigenvalue weighted by Crippen LogP contribution is 2.37. The maximum Gasteiger partial charge on any atom is 0.162 e. The van der Waals surface area contributed by atoms with Gasteiger partial charge < -0.3 is 19.3 Å². The van der Waals surface area contributed by atoms with Crippen LogP contribution in [0.3, 0.4) is 0 Å². The van der Waals surface area contributed by atoms with Crippen LogP contribution in [0.4, 0.5) is 0 Å². The zero-order valence-electron chi connectivity index (χ0n) is 12.1. The monoisotopic (exact) mass is 308 g/mol. The second kappa shape index (κ2) is 6.70. The molecule has 0 fully saturated rings. The number of hydrogen-bond donors (Lipinski definition) is 1. The first-order valence-corrected chi connectivity index (χ1v) is 6.72. The molecule has 0 amide bonds. The van der Waals surface area contributed by atoms with Crippen LogP contribution in [0, 0.1) is 0 Å². The molecule has 0 heterocycles. The lowest BCUT2D eigenvalue weighted by atomic mass is 10.0. The van der Waals surface area contributed by atoms with Crippen LogP contribution in [0.15, 0.2) is 36.4 Å². The summed E-state index contributed by atoms with van der Waals surface area (Å²) >= 11 is 6.22. The van der Waals surface area contributed by atoms with E-state index in [1.807, 2.05) is 0 Å². The van der Waals surface area contributed by atoms with Crippen molar-refractivity contribution in [2.24, 2.45) is 0 Å². The number of aliphatic hydroxyl groups is 1. The number of rotatable bonds is 5. The van der Waals surface area contributed by atoms with Crippen LogP contribution in [-0.4, -0.2) is 26.4 Å². The van der Waals surface area contributed by atoms with Crippen LogP contribution in [0.2, 0.25) is 5.02 Å². The summed E-state index contributed by atoms with van der Waals surface area (Å²) in [4.78, 5) is 0. The van der Waals surface area contributed by atoms with E-state index in [1.165, 1.54) is 14.2 Å². The Kier molecular flexibility index (Phi) is 4.94. The number of ether oxygens (including phenoxy) is 3. The minimum Gasteiger partial charge on any atom is -0.497 e. The first-order chi connectivity index (χ1) is 10.1. The molecule has 1 unspecified atom stereocenters. The van der Waals surface area contributed by atoms with E-state index in [2.05, 4.69) is 0 Å². The second-order valence-electron chi connectivity index (χ2n) is 4.40. The summed E-state index contributed by atoms with van der Waals surface area (Å²) < 4.78 is 15.5. The standard InChI is InChI=1S/C16H17ClO4/c1-19-11-6-4-10(5-7-11)16(18)12-8-14(20-2)15(21-3)9-13(12)17/h4-9,16,18H,1-3H3. The van der Waals surface area contributed by atoms with E-state index in [1.54, 1.807) is 43.5 Å². The lowest BCUT2D eigenvalue weighted by Gasteiger charge is -2.16. The minimum absolute atomic E-state index is 0.413. The molecule has 2 aromatic carbocycles. The van der Waals surface area contributed by atoms with Crippen LogP contribution in [-0.2, 0) is 0 Å². The molecule has 1 atom stereocenters. The van der Waals surface area contributed by atoms with Gasteiger partial charge in [0.15, 0.2) is 11.5 Å². The molecule has 4 nitrogen and oxygen atoms in total. The van der Waals surface area contributed by atoms with Crippen molar-refractivity contribution in [2.45, 2.75) is 6.10 Å². The van der Waals surface area contributed by atoms with E-state index in [9.17, 15) is 5.11 Å². The molecule has 2 rings (SSSR count). The average Bonchev–Trinajstić information content (AvgIpc) is 2.54. The van der Waals surface area contributed by atoms with Crippen molar-refractivity contribution in [2.75, 3.05) is 21.3 Å². The van der Waals surface area contributed by atoms with E-state index >= 15 is 0 Å². The summed E-state index contributed by atoms with van der Waals surface area (Å²) in [5.74, 6) is 1.77. The fraction of sp³-hybridized carbons (Fsp3) is 0.250. The van der Waals surface area contributed by atoms with Crippen LogP contribution in [0.1, 0.15) is 17.2 Å². The largest absolute Gasteiger partial charge is 0.497 e. The third-order valence-corrected chi connectivity index (χ3v) is 3.56. The molecule has 0 aliphatic heterocycles. The summed E-state index contributed by atoms with van der Waals surface area (Å²) in [5.41, 5.74) is 1.27. The average molecular weight is 309 g/mol. The smallest absolute Gasteiger partial charge is 0.162 e. The Morgan fingerprint density at radius 2 is 1.48 bits per heavy atom. The van der Waals surface area contributed by atoms with Crippen molar-refractivity contribution < 1.29 is 19.3 Å². The normalized spacial score (nSPS) is 11.9. The van der Waals surface area contributed by atoms with E-state index in [0.29, 0.717) is 27.6 Å². The summed E-state index contributed by atoms with van der Waals surface area (Å²) in [6.45, 7) is 0. The summed E-state index contributed by atoms with van der Waals surface area (Å²) in [6, 6.07) is 10.5. The Hall–Kier alpha value is -1.91. The summed E-state index contributed by atoms with van der Waals surface area (Å²) in [5, 5.41) is 10.9. The Bertz CT molecular complexity index is 610. The number of benzene rings is 2. The zero-order valence-corrected chi connectivity index (χ0v) is 12.8. The van der Waals surface area contributed by atoms with Gasteiger partial charge in [-0.15, -0.1) is 0 Å². The molecule has 5 heteroatoms. The van der Waals surface area contributed by atoms with Crippen molar-refractivity contribution >= 4 is 11.6 Å². The van der Waals surface area contributed by atoms with Gasteiger partial charge in [-0.25, -0.2) is 0 Å². The number of halogens is 1. The highest BCUT2D eigenvalue weighted by Gasteiger charge is 2.18. The predicted octanol–water partition coefficient (Wildman–Crippen LogP) is 3.45. The van der Waals surface area contributed by atoms with E-state index in [0.717, 1.165) is 5.75 Å². The predicted molar refractivity (Wildman–Crippen MR) is 81.6 cm³/mol. The highest BCUT2D eigenvalue weighted by molar-refractivity contribution is 6.31. The first-order valence-electron chi connectivity index (χ1n) is 6.34. The molecule has 1 N–H and O–H groups in total. The van der Waals surface area contributed by atoms with Crippen molar-refractivity contribution in [1.82, 2.24) is 0 Å². The SMILES string of the molecule is COc1ccc(C(O)c2cc(OC)c(OC)cc2Cl)cc1. The van der Waals surface area contributed by atoms with Gasteiger partial charge >= 0.3 is 0 Å². The zero-order chi connectivity index (χ0) is 15.4. The van der Waals surface area contributed by atoms with Gasteiger partial charge in [-0.3, -0.25) is 0 Å². The topological polar surface area (TPSA) is 47.9 Å². The number of hydrogen-bond acceptors (Lipinski definition) is 4. The third kappa shape index (κ3) is 3.23. The van der Waals surface area contributed by atoms with Crippen LogP contribution in [0.25, 0.3) is 0 Å². The van der Waals surface area contributed by atoms with Crippen molar-refractivity contribution in [1.29, 1.82) is 0 Å². The first kappa shape index (κ1) is 15.5. The van der Waals surface area contributed by atoms with Gasteiger partial charge in [0, 0.05) is 11.6 Å². The highest BCUT2D eigenvalue weighted by atomic mass is 35.5. The van der Waals surface area contributed by atoms with Crippen molar-refractivity contribution in [3.8, 4) is 17.2 Å².